The number of carbonyl (C=O) groups excluding carboxylic acids is 1. The van der Waals surface area contributed by atoms with E-state index in [-0.39, 0.29) is 18.6 Å². The summed E-state index contributed by atoms with van der Waals surface area (Å²) in [5.41, 5.74) is 0.775. The first kappa shape index (κ1) is 16.8. The molecule has 1 aliphatic rings. The number of H-pyrrole nitrogens is 1. The molecule has 128 valence electrons. The number of thioether (sulfide) groups is 1. The first-order valence-electron chi connectivity index (χ1n) is 7.58. The maximum absolute atomic E-state index is 11.9. The van der Waals surface area contributed by atoms with E-state index in [1.54, 1.807) is 30.5 Å². The molecular formula is C15H19N5O2S2. The lowest BCUT2D eigenvalue weighted by molar-refractivity contribution is -0.115. The summed E-state index contributed by atoms with van der Waals surface area (Å²) in [6, 6.07) is 0. The van der Waals surface area contributed by atoms with Gasteiger partial charge in [0.2, 0.25) is 5.91 Å². The summed E-state index contributed by atoms with van der Waals surface area (Å²) in [5.74, 6) is 2.03. The molecule has 1 aliphatic heterocycles. The quantitative estimate of drug-likeness (QED) is 0.653. The minimum Gasteiger partial charge on any atom is -0.472 e. The average Bonchev–Trinajstić information content (AvgIpc) is 3.26. The van der Waals surface area contributed by atoms with Crippen LogP contribution in [0.25, 0.3) is 0 Å². The predicted molar refractivity (Wildman–Crippen MR) is 94.7 cm³/mol. The van der Waals surface area contributed by atoms with Crippen LogP contribution >= 0.6 is 23.1 Å². The van der Waals surface area contributed by atoms with Crippen molar-refractivity contribution in [2.24, 2.45) is 5.92 Å². The van der Waals surface area contributed by atoms with E-state index in [0.29, 0.717) is 11.0 Å². The van der Waals surface area contributed by atoms with Crippen LogP contribution in [0.1, 0.15) is 19.5 Å². The minimum absolute atomic E-state index is 0.0204. The Morgan fingerprint density at radius 3 is 3.08 bits per heavy atom. The summed E-state index contributed by atoms with van der Waals surface area (Å²) < 4.78 is 6.85. The largest absolute Gasteiger partial charge is 0.472 e. The number of anilines is 1. The fourth-order valence-electron chi connectivity index (χ4n) is 2.05. The van der Waals surface area contributed by atoms with Gasteiger partial charge < -0.3 is 20.4 Å². The van der Waals surface area contributed by atoms with Gasteiger partial charge in [0.05, 0.1) is 28.9 Å². The second kappa shape index (κ2) is 7.71. The molecule has 0 saturated carbocycles. The van der Waals surface area contributed by atoms with Gasteiger partial charge in [0.15, 0.2) is 11.4 Å². The van der Waals surface area contributed by atoms with Crippen LogP contribution in [0.4, 0.5) is 5.13 Å². The Kier molecular flexibility index (Phi) is 5.41. The van der Waals surface area contributed by atoms with Crippen LogP contribution in [0.2, 0.25) is 0 Å². The third-order valence-electron chi connectivity index (χ3n) is 3.27. The van der Waals surface area contributed by atoms with Crippen LogP contribution in [0.15, 0.2) is 34.9 Å². The van der Waals surface area contributed by atoms with Gasteiger partial charge in [-0.2, -0.15) is 0 Å². The Hall–Kier alpha value is -2.00. The smallest absolute Gasteiger partial charge is 0.232 e. The van der Waals surface area contributed by atoms with Gasteiger partial charge in [-0.3, -0.25) is 4.79 Å². The molecule has 0 bridgehead atoms. The molecule has 1 unspecified atom stereocenters. The number of hydrogen-bond donors (Lipinski definition) is 3. The average molecular weight is 365 g/mol. The van der Waals surface area contributed by atoms with E-state index >= 15 is 0 Å². The Balaban J connectivity index is 1.43. The number of aromatic amines is 1. The van der Waals surface area contributed by atoms with Crippen molar-refractivity contribution in [1.29, 1.82) is 0 Å². The van der Waals surface area contributed by atoms with E-state index in [9.17, 15) is 4.79 Å². The van der Waals surface area contributed by atoms with Gasteiger partial charge in [-0.15, -0.1) is 11.8 Å². The molecule has 0 saturated heterocycles. The summed E-state index contributed by atoms with van der Waals surface area (Å²) in [5, 5.41) is 6.62. The topological polar surface area (TPSA) is 91.9 Å². The highest BCUT2D eigenvalue weighted by molar-refractivity contribution is 8.01. The molecule has 9 heteroatoms. The number of carbonyl (C=O) groups is 1. The van der Waals surface area contributed by atoms with Gasteiger partial charge in [0.25, 0.3) is 0 Å². The van der Waals surface area contributed by atoms with E-state index < -0.39 is 0 Å². The number of amides is 1. The molecule has 0 aliphatic carbocycles. The summed E-state index contributed by atoms with van der Waals surface area (Å²) in [6.07, 6.45) is 7.13. The molecule has 0 aromatic carbocycles. The van der Waals surface area contributed by atoms with Gasteiger partial charge >= 0.3 is 0 Å². The van der Waals surface area contributed by atoms with Crippen LogP contribution in [-0.4, -0.2) is 32.8 Å². The first-order valence-corrected chi connectivity index (χ1v) is 9.39. The number of ether oxygens (including phenoxy) is 1. The SMILES string of the molecule is CC(C)C1=CNC(CSc2cnc(NC(=O)Cc3cnc[nH]3)s2)O1. The summed E-state index contributed by atoms with van der Waals surface area (Å²) in [7, 11) is 0. The number of allylic oxidation sites excluding steroid dienone is 1. The van der Waals surface area contributed by atoms with Crippen LogP contribution in [0.5, 0.6) is 0 Å². The number of nitrogens with one attached hydrogen (secondary N) is 3. The second-order valence-corrected chi connectivity index (χ2v) is 7.92. The first-order chi connectivity index (χ1) is 11.6. The van der Waals surface area contributed by atoms with Crippen LogP contribution in [0, 0.1) is 5.92 Å². The van der Waals surface area contributed by atoms with Gasteiger partial charge in [0, 0.05) is 24.0 Å². The third-order valence-corrected chi connectivity index (χ3v) is 5.44. The van der Waals surface area contributed by atoms with Crippen molar-refractivity contribution in [1.82, 2.24) is 20.3 Å². The molecule has 3 N–H and O–H groups in total. The number of hydrogen-bond acceptors (Lipinski definition) is 7. The lowest BCUT2D eigenvalue weighted by Crippen LogP contribution is -2.23. The summed E-state index contributed by atoms with van der Waals surface area (Å²) in [4.78, 5) is 23.0. The molecule has 2 aromatic heterocycles. The maximum atomic E-state index is 11.9. The standard InChI is InChI=1S/C15H19N5O2S2/c1-9(2)11-5-17-13(22-11)7-23-14-6-18-15(24-14)20-12(21)3-10-4-16-8-19-10/h4-6,8-9,13,17H,3,7H2,1-2H3,(H,16,19)(H,18,20,21). The number of nitrogens with zero attached hydrogens (tertiary/aromatic N) is 2. The van der Waals surface area contributed by atoms with Gasteiger partial charge in [-0.25, -0.2) is 9.97 Å². The molecule has 0 radical (unpaired) electrons. The van der Waals surface area contributed by atoms with Gasteiger partial charge in [-0.05, 0) is 0 Å². The molecule has 1 atom stereocenters. The van der Waals surface area contributed by atoms with E-state index in [0.717, 1.165) is 21.4 Å². The van der Waals surface area contributed by atoms with Crippen molar-refractivity contribution in [3.05, 3.63) is 36.4 Å². The molecular weight excluding hydrogens is 346 g/mol. The van der Waals surface area contributed by atoms with Crippen molar-refractivity contribution in [2.45, 2.75) is 30.7 Å². The molecule has 0 fully saturated rings. The van der Waals surface area contributed by atoms with Crippen molar-refractivity contribution in [2.75, 3.05) is 11.1 Å². The van der Waals surface area contributed by atoms with Gasteiger partial charge in [0.1, 0.15) is 5.76 Å². The highest BCUT2D eigenvalue weighted by atomic mass is 32.2. The highest BCUT2D eigenvalue weighted by Gasteiger charge is 2.20. The normalized spacial score (nSPS) is 16.6. The molecule has 3 rings (SSSR count). The monoisotopic (exact) mass is 365 g/mol. The Morgan fingerprint density at radius 2 is 2.38 bits per heavy atom. The van der Waals surface area contributed by atoms with Crippen LogP contribution in [0.3, 0.4) is 0 Å². The zero-order chi connectivity index (χ0) is 16.9. The molecule has 24 heavy (non-hydrogen) atoms. The molecule has 3 heterocycles. The molecule has 2 aromatic rings. The summed E-state index contributed by atoms with van der Waals surface area (Å²) >= 11 is 3.11. The number of aromatic nitrogens is 3. The lowest BCUT2D eigenvalue weighted by Gasteiger charge is -2.13. The van der Waals surface area contributed by atoms with Crippen molar-refractivity contribution in [3.63, 3.8) is 0 Å². The van der Waals surface area contributed by atoms with Crippen molar-refractivity contribution < 1.29 is 9.53 Å². The maximum Gasteiger partial charge on any atom is 0.232 e. The Bertz CT molecular complexity index is 711. The zero-order valence-electron chi connectivity index (χ0n) is 13.4. The predicted octanol–water partition coefficient (Wildman–Crippen LogP) is 2.58. The Morgan fingerprint density at radius 1 is 1.50 bits per heavy atom. The molecule has 1 amide bonds. The van der Waals surface area contributed by atoms with Crippen molar-refractivity contribution in [3.8, 4) is 0 Å². The number of imidazole rings is 1. The van der Waals surface area contributed by atoms with Crippen LogP contribution in [-0.2, 0) is 16.0 Å². The zero-order valence-corrected chi connectivity index (χ0v) is 15.0. The third kappa shape index (κ3) is 4.51. The Labute approximate surface area is 148 Å². The van der Waals surface area contributed by atoms with E-state index in [1.165, 1.54) is 11.3 Å². The fraction of sp³-hybridized carbons (Fsp3) is 0.400. The number of rotatable bonds is 7. The fourth-order valence-corrected chi connectivity index (χ4v) is 3.90. The number of thiazole rings is 1. The molecule has 0 spiro atoms. The van der Waals surface area contributed by atoms with E-state index in [1.807, 2.05) is 6.20 Å². The van der Waals surface area contributed by atoms with E-state index in [4.69, 9.17) is 4.74 Å². The summed E-state index contributed by atoms with van der Waals surface area (Å²) in [6.45, 7) is 4.20. The molecule has 7 nitrogen and oxygen atoms in total. The minimum atomic E-state index is -0.114. The van der Waals surface area contributed by atoms with Crippen molar-refractivity contribution >= 4 is 34.1 Å². The highest BCUT2D eigenvalue weighted by Crippen LogP contribution is 2.30. The van der Waals surface area contributed by atoms with Gasteiger partial charge in [-0.1, -0.05) is 25.2 Å². The lowest BCUT2D eigenvalue weighted by atomic mass is 10.2. The second-order valence-electron chi connectivity index (χ2n) is 5.57. The van der Waals surface area contributed by atoms with E-state index in [2.05, 4.69) is 39.4 Å². The van der Waals surface area contributed by atoms with Crippen LogP contribution < -0.4 is 10.6 Å².